The molecule has 0 saturated heterocycles. The summed E-state index contributed by atoms with van der Waals surface area (Å²) in [6.07, 6.45) is 0. The average Bonchev–Trinajstić information content (AvgIpc) is 3.65. The number of hydrogen-bond acceptors (Lipinski definition) is 1. The van der Waals surface area contributed by atoms with Crippen LogP contribution in [0, 0.1) is 0 Å². The molecule has 13 rings (SSSR count). The van der Waals surface area contributed by atoms with Crippen molar-refractivity contribution in [2.24, 2.45) is 0 Å². The van der Waals surface area contributed by atoms with Crippen molar-refractivity contribution in [2.75, 3.05) is 4.90 Å². The first kappa shape index (κ1) is 33.1. The molecular weight excluding hydrogens is 725 g/mol. The third-order valence-electron chi connectivity index (χ3n) is 12.9. The summed E-state index contributed by atoms with van der Waals surface area (Å²) in [5.74, 6) is 0. The van der Waals surface area contributed by atoms with E-state index in [1.54, 1.807) is 0 Å². The molecule has 0 amide bonds. The highest BCUT2D eigenvalue weighted by atomic mass is 15.1. The summed E-state index contributed by atoms with van der Waals surface area (Å²) in [4.78, 5) is 2.40. The first-order valence-corrected chi connectivity index (χ1v) is 20.8. The van der Waals surface area contributed by atoms with Gasteiger partial charge in [0.2, 0.25) is 0 Å². The quantitative estimate of drug-likeness (QED) is 0.159. The van der Waals surface area contributed by atoms with E-state index in [1.165, 1.54) is 103 Å². The molecule has 0 bridgehead atoms. The highest BCUT2D eigenvalue weighted by Crippen LogP contribution is 2.49. The van der Waals surface area contributed by atoms with Crippen molar-refractivity contribution in [3.63, 3.8) is 0 Å². The molecule has 0 radical (unpaired) electrons. The lowest BCUT2D eigenvalue weighted by Crippen LogP contribution is -2.10. The summed E-state index contributed by atoms with van der Waals surface area (Å²) in [5, 5.41) is 17.8. The van der Waals surface area contributed by atoms with Gasteiger partial charge in [0, 0.05) is 33.2 Å². The molecule has 2 heteroatoms. The Morgan fingerprint density at radius 2 is 0.817 bits per heavy atom. The van der Waals surface area contributed by atoms with Crippen LogP contribution in [0.15, 0.2) is 218 Å². The molecule has 2 nitrogen and oxygen atoms in total. The van der Waals surface area contributed by atoms with Crippen LogP contribution in [-0.4, -0.2) is 4.57 Å². The van der Waals surface area contributed by atoms with Crippen molar-refractivity contribution in [1.82, 2.24) is 4.57 Å². The number of fused-ring (bicyclic) bond motifs is 9. The van der Waals surface area contributed by atoms with Crippen molar-refractivity contribution >= 4 is 104 Å². The predicted octanol–water partition coefficient (Wildman–Crippen LogP) is 16.3. The summed E-state index contributed by atoms with van der Waals surface area (Å²) in [6, 6.07) is 80.5. The zero-order valence-electron chi connectivity index (χ0n) is 32.7. The van der Waals surface area contributed by atoms with Crippen molar-refractivity contribution in [3.8, 4) is 16.8 Å². The maximum absolute atomic E-state index is 2.47. The Morgan fingerprint density at radius 3 is 1.55 bits per heavy atom. The summed E-state index contributed by atoms with van der Waals surface area (Å²) in [7, 11) is 0. The lowest BCUT2D eigenvalue weighted by molar-refractivity contribution is 1.18. The molecule has 0 fully saturated rings. The number of para-hydroxylation sites is 4. The lowest BCUT2D eigenvalue weighted by atomic mass is 9.85. The van der Waals surface area contributed by atoms with Crippen LogP contribution in [0.1, 0.15) is 0 Å². The lowest BCUT2D eigenvalue weighted by Gasteiger charge is -2.28. The Morgan fingerprint density at radius 1 is 0.283 bits per heavy atom. The number of aromatic nitrogens is 1. The van der Waals surface area contributed by atoms with E-state index in [9.17, 15) is 0 Å². The van der Waals surface area contributed by atoms with E-state index in [-0.39, 0.29) is 0 Å². The van der Waals surface area contributed by atoms with Crippen molar-refractivity contribution < 1.29 is 0 Å². The Hall–Kier alpha value is -7.94. The van der Waals surface area contributed by atoms with Gasteiger partial charge in [-0.05, 0) is 131 Å². The number of rotatable bonds is 5. The SMILES string of the molecule is c1ccc(N(c2ccccc2)c2cc3c4ccccc4c(-c4ccc5ccc6c7c(ccc4c57)cc4c6c5ccccc5n4-c4ccccc4)cc3c3ccccc23)cc1. The van der Waals surface area contributed by atoms with Crippen LogP contribution in [0.4, 0.5) is 17.1 Å². The van der Waals surface area contributed by atoms with E-state index >= 15 is 0 Å². The molecule has 0 unspecified atom stereocenters. The van der Waals surface area contributed by atoms with E-state index in [4.69, 9.17) is 0 Å². The van der Waals surface area contributed by atoms with Crippen LogP contribution in [0.5, 0.6) is 0 Å². The standard InChI is InChI=1S/C58H36N2/c1-4-16-39(17-5-1)59(40-18-6-2-7-19-40)54-36-52-43-23-11-10-22-42(43)50(35-51(52)44-24-12-13-25-46(44)54)45-31-28-37-29-33-49-57-38(30-32-47(45)56(37)57)34-55-58(49)48-26-14-15-27-53(48)60(55)41-20-8-3-9-21-41/h1-36H. The second-order valence-electron chi connectivity index (χ2n) is 16.0. The van der Waals surface area contributed by atoms with Gasteiger partial charge in [0.25, 0.3) is 0 Å². The molecule has 0 spiro atoms. The zero-order valence-corrected chi connectivity index (χ0v) is 32.7. The Balaban J connectivity index is 1.10. The molecule has 0 aliphatic rings. The normalized spacial score (nSPS) is 12.0. The molecule has 278 valence electrons. The van der Waals surface area contributed by atoms with Gasteiger partial charge < -0.3 is 9.47 Å². The van der Waals surface area contributed by atoms with E-state index in [0.717, 1.165) is 17.1 Å². The largest absolute Gasteiger partial charge is 0.310 e. The van der Waals surface area contributed by atoms with Crippen molar-refractivity contribution in [2.45, 2.75) is 0 Å². The second-order valence-corrected chi connectivity index (χ2v) is 16.0. The first-order valence-electron chi connectivity index (χ1n) is 20.8. The summed E-state index contributed by atoms with van der Waals surface area (Å²) < 4.78 is 2.43. The number of hydrogen-bond donors (Lipinski definition) is 0. The third kappa shape index (κ3) is 4.70. The predicted molar refractivity (Wildman–Crippen MR) is 257 cm³/mol. The van der Waals surface area contributed by atoms with E-state index in [0.29, 0.717) is 0 Å². The number of nitrogens with zero attached hydrogens (tertiary/aromatic N) is 2. The van der Waals surface area contributed by atoms with E-state index in [1.807, 2.05) is 0 Å². The van der Waals surface area contributed by atoms with Crippen LogP contribution in [-0.2, 0) is 0 Å². The van der Waals surface area contributed by atoms with Gasteiger partial charge in [-0.15, -0.1) is 0 Å². The van der Waals surface area contributed by atoms with Crippen LogP contribution >= 0.6 is 0 Å². The highest BCUT2D eigenvalue weighted by Gasteiger charge is 2.22. The molecule has 0 atom stereocenters. The van der Waals surface area contributed by atoms with Crippen molar-refractivity contribution in [3.05, 3.63) is 218 Å². The first-order chi connectivity index (χ1) is 29.8. The third-order valence-corrected chi connectivity index (χ3v) is 12.9. The maximum atomic E-state index is 2.47. The minimum absolute atomic E-state index is 1.13. The molecule has 0 N–H and O–H groups in total. The van der Waals surface area contributed by atoms with Gasteiger partial charge in [0.15, 0.2) is 0 Å². The monoisotopic (exact) mass is 760 g/mol. The summed E-state index contributed by atoms with van der Waals surface area (Å²) in [5.41, 5.74) is 9.56. The van der Waals surface area contributed by atoms with Gasteiger partial charge in [-0.2, -0.15) is 0 Å². The van der Waals surface area contributed by atoms with Crippen molar-refractivity contribution in [1.29, 1.82) is 0 Å². The summed E-state index contributed by atoms with van der Waals surface area (Å²) in [6.45, 7) is 0. The fraction of sp³-hybridized carbons (Fsp3) is 0. The maximum Gasteiger partial charge on any atom is 0.0553 e. The van der Waals surface area contributed by atoms with Gasteiger partial charge in [-0.1, -0.05) is 158 Å². The van der Waals surface area contributed by atoms with Crippen LogP contribution in [0.2, 0.25) is 0 Å². The van der Waals surface area contributed by atoms with Gasteiger partial charge in [-0.3, -0.25) is 0 Å². The smallest absolute Gasteiger partial charge is 0.0553 e. The highest BCUT2D eigenvalue weighted by molar-refractivity contribution is 6.35. The van der Waals surface area contributed by atoms with Gasteiger partial charge in [-0.25, -0.2) is 0 Å². The van der Waals surface area contributed by atoms with Crippen LogP contribution in [0.25, 0.3) is 103 Å². The minimum atomic E-state index is 1.13. The fourth-order valence-corrected chi connectivity index (χ4v) is 10.3. The molecule has 1 aromatic heterocycles. The zero-order chi connectivity index (χ0) is 39.3. The number of benzene rings is 12. The van der Waals surface area contributed by atoms with Crippen LogP contribution < -0.4 is 4.90 Å². The molecule has 0 aliphatic carbocycles. The topological polar surface area (TPSA) is 8.17 Å². The minimum Gasteiger partial charge on any atom is -0.310 e. The Kier molecular flexibility index (Phi) is 7.05. The number of anilines is 3. The molecule has 60 heavy (non-hydrogen) atoms. The van der Waals surface area contributed by atoms with Gasteiger partial charge in [0.1, 0.15) is 0 Å². The molecule has 0 saturated carbocycles. The average molecular weight is 761 g/mol. The second kappa shape index (κ2) is 12.8. The molecule has 1 heterocycles. The molecular formula is C58H36N2. The van der Waals surface area contributed by atoms with E-state index < -0.39 is 0 Å². The Labute approximate surface area is 346 Å². The van der Waals surface area contributed by atoms with Crippen LogP contribution in [0.3, 0.4) is 0 Å². The molecule has 0 aliphatic heterocycles. The van der Waals surface area contributed by atoms with Gasteiger partial charge >= 0.3 is 0 Å². The Bertz CT molecular complexity index is 3770. The van der Waals surface area contributed by atoms with Gasteiger partial charge in [0.05, 0.1) is 16.7 Å². The molecule has 12 aromatic carbocycles. The van der Waals surface area contributed by atoms with E-state index in [2.05, 4.69) is 228 Å². The fourth-order valence-electron chi connectivity index (χ4n) is 10.3. The molecule has 13 aromatic rings. The summed E-state index contributed by atoms with van der Waals surface area (Å²) >= 11 is 0.